The lowest BCUT2D eigenvalue weighted by atomic mass is 10.1. The van der Waals surface area contributed by atoms with Crippen molar-refractivity contribution in [2.24, 2.45) is 5.73 Å². The molecule has 2 aromatic heterocycles. The summed E-state index contributed by atoms with van der Waals surface area (Å²) >= 11 is 1.31. The van der Waals surface area contributed by atoms with Crippen LogP contribution in [0.25, 0.3) is 10.6 Å². The number of amides is 2. The first-order valence-corrected chi connectivity index (χ1v) is 10.7. The molecule has 0 aliphatic carbocycles. The van der Waals surface area contributed by atoms with E-state index < -0.39 is 17.7 Å². The highest BCUT2D eigenvalue weighted by Gasteiger charge is 2.21. The molecule has 3 heterocycles. The van der Waals surface area contributed by atoms with Crippen molar-refractivity contribution in [1.82, 2.24) is 20.3 Å². The summed E-state index contributed by atoms with van der Waals surface area (Å²) < 4.78 is 34.4. The molecule has 1 fully saturated rings. The molecule has 168 valence electrons. The van der Waals surface area contributed by atoms with Gasteiger partial charge < -0.3 is 26.4 Å². The van der Waals surface area contributed by atoms with E-state index in [0.717, 1.165) is 32.0 Å². The van der Waals surface area contributed by atoms with Crippen LogP contribution in [0, 0.1) is 18.6 Å². The van der Waals surface area contributed by atoms with Gasteiger partial charge >= 0.3 is 6.03 Å². The number of nitrogens with one attached hydrogen (secondary N) is 3. The molecule has 12 heteroatoms. The van der Waals surface area contributed by atoms with Crippen LogP contribution < -0.4 is 26.4 Å². The van der Waals surface area contributed by atoms with Crippen molar-refractivity contribution in [2.75, 3.05) is 23.7 Å². The average Bonchev–Trinajstić information content (AvgIpc) is 3.14. The van der Waals surface area contributed by atoms with Crippen molar-refractivity contribution in [2.45, 2.75) is 25.8 Å². The quantitative estimate of drug-likeness (QED) is 0.441. The van der Waals surface area contributed by atoms with E-state index in [2.05, 4.69) is 25.6 Å². The predicted octanol–water partition coefficient (Wildman–Crippen LogP) is 3.63. The van der Waals surface area contributed by atoms with Crippen LogP contribution in [0.5, 0.6) is 11.6 Å². The number of ether oxygens (including phenoxy) is 1. The highest BCUT2D eigenvalue weighted by molar-refractivity contribution is 7.15. The number of primary amides is 1. The molecule has 5 N–H and O–H groups in total. The second kappa shape index (κ2) is 9.40. The van der Waals surface area contributed by atoms with Crippen LogP contribution >= 0.6 is 11.3 Å². The number of piperidine rings is 1. The third-order valence-electron chi connectivity index (χ3n) is 4.73. The van der Waals surface area contributed by atoms with Gasteiger partial charge in [0.2, 0.25) is 17.6 Å². The van der Waals surface area contributed by atoms with E-state index in [1.54, 1.807) is 19.2 Å². The maximum Gasteiger partial charge on any atom is 0.316 e. The van der Waals surface area contributed by atoms with Crippen LogP contribution in [0.15, 0.2) is 24.4 Å². The van der Waals surface area contributed by atoms with Gasteiger partial charge in [-0.2, -0.15) is 4.39 Å². The van der Waals surface area contributed by atoms with Gasteiger partial charge in [-0.3, -0.25) is 0 Å². The number of carbonyl (C=O) groups excluding carboxylic acids is 1. The first-order valence-electron chi connectivity index (χ1n) is 9.91. The molecular formula is C20H21F2N7O2S. The summed E-state index contributed by atoms with van der Waals surface area (Å²) in [5.74, 6) is -2.39. The lowest BCUT2D eigenvalue weighted by molar-refractivity contribution is 0.259. The average molecular weight is 461 g/mol. The number of carbonyl (C=O) groups is 1. The summed E-state index contributed by atoms with van der Waals surface area (Å²) in [6.45, 7) is 3.59. The lowest BCUT2D eigenvalue weighted by Gasteiger charge is -2.23. The minimum absolute atomic E-state index is 0.0883. The monoisotopic (exact) mass is 461 g/mol. The molecule has 0 bridgehead atoms. The Morgan fingerprint density at radius 3 is 2.88 bits per heavy atom. The number of hydrogen-bond acceptors (Lipinski definition) is 8. The molecule has 2 amide bonds. The molecule has 3 aromatic rings. The number of aryl methyl sites for hydroxylation is 1. The van der Waals surface area contributed by atoms with Crippen LogP contribution in [-0.2, 0) is 0 Å². The Kier molecular flexibility index (Phi) is 6.42. The van der Waals surface area contributed by atoms with Crippen molar-refractivity contribution in [3.8, 4) is 22.2 Å². The maximum absolute atomic E-state index is 14.5. The topological polar surface area (TPSA) is 127 Å². The fourth-order valence-electron chi connectivity index (χ4n) is 3.30. The zero-order valence-electron chi connectivity index (χ0n) is 17.1. The van der Waals surface area contributed by atoms with Gasteiger partial charge in [0.1, 0.15) is 4.88 Å². The van der Waals surface area contributed by atoms with Crippen LogP contribution in [-0.4, -0.2) is 40.1 Å². The van der Waals surface area contributed by atoms with E-state index in [1.165, 1.54) is 17.4 Å². The maximum atomic E-state index is 14.5. The highest BCUT2D eigenvalue weighted by atomic mass is 32.1. The second-order valence-corrected chi connectivity index (χ2v) is 8.35. The summed E-state index contributed by atoms with van der Waals surface area (Å²) in [5, 5.41) is 9.30. The van der Waals surface area contributed by atoms with E-state index >= 15 is 0 Å². The van der Waals surface area contributed by atoms with E-state index in [9.17, 15) is 13.6 Å². The van der Waals surface area contributed by atoms with Gasteiger partial charge in [-0.05, 0) is 44.5 Å². The van der Waals surface area contributed by atoms with E-state index in [-0.39, 0.29) is 23.4 Å². The molecule has 0 radical (unpaired) electrons. The van der Waals surface area contributed by atoms with Gasteiger partial charge in [0, 0.05) is 18.8 Å². The predicted molar refractivity (Wildman–Crippen MR) is 117 cm³/mol. The largest absolute Gasteiger partial charge is 0.434 e. The number of rotatable bonds is 6. The number of benzene rings is 1. The zero-order valence-corrected chi connectivity index (χ0v) is 17.9. The van der Waals surface area contributed by atoms with Crippen molar-refractivity contribution in [1.29, 1.82) is 0 Å². The summed E-state index contributed by atoms with van der Waals surface area (Å²) in [7, 11) is 0. The van der Waals surface area contributed by atoms with Crippen molar-refractivity contribution >= 4 is 29.0 Å². The Balaban J connectivity index is 1.59. The smallest absolute Gasteiger partial charge is 0.316 e. The van der Waals surface area contributed by atoms with Gasteiger partial charge in [0.25, 0.3) is 0 Å². The summed E-state index contributed by atoms with van der Waals surface area (Å²) in [4.78, 5) is 24.6. The number of thiazole rings is 1. The van der Waals surface area contributed by atoms with E-state index in [0.29, 0.717) is 21.5 Å². The number of aromatic nitrogens is 3. The fourth-order valence-corrected chi connectivity index (χ4v) is 4.11. The van der Waals surface area contributed by atoms with Crippen LogP contribution in [0.4, 0.5) is 25.2 Å². The third kappa shape index (κ3) is 4.92. The summed E-state index contributed by atoms with van der Waals surface area (Å²) in [6, 6.07) is 3.25. The van der Waals surface area contributed by atoms with Gasteiger partial charge in [0.15, 0.2) is 11.6 Å². The van der Waals surface area contributed by atoms with Gasteiger partial charge in [-0.15, -0.1) is 11.3 Å². The van der Waals surface area contributed by atoms with Gasteiger partial charge in [0.05, 0.1) is 16.4 Å². The first kappa shape index (κ1) is 21.8. The number of halogens is 2. The molecule has 1 aliphatic rings. The van der Waals surface area contributed by atoms with Crippen molar-refractivity contribution < 1.29 is 18.3 Å². The Morgan fingerprint density at radius 1 is 1.28 bits per heavy atom. The molecule has 1 atom stereocenters. The number of nitrogens with two attached hydrogens (primary N) is 1. The molecule has 1 aromatic carbocycles. The number of urea groups is 1. The molecular weight excluding hydrogens is 440 g/mol. The highest BCUT2D eigenvalue weighted by Crippen LogP contribution is 2.38. The fraction of sp³-hybridized carbons (Fsp3) is 0.300. The second-order valence-electron chi connectivity index (χ2n) is 7.15. The number of nitrogens with zero attached hydrogens (tertiary/aromatic N) is 3. The molecule has 0 spiro atoms. The van der Waals surface area contributed by atoms with Crippen molar-refractivity contribution in [3.05, 3.63) is 41.0 Å². The first-order chi connectivity index (χ1) is 15.4. The van der Waals surface area contributed by atoms with Crippen LogP contribution in [0.3, 0.4) is 0 Å². The summed E-state index contributed by atoms with van der Waals surface area (Å²) in [6.07, 6.45) is 3.70. The molecule has 4 rings (SSSR count). The van der Waals surface area contributed by atoms with Crippen LogP contribution in [0.2, 0.25) is 0 Å². The molecule has 1 aliphatic heterocycles. The Labute approximate surface area is 186 Å². The Morgan fingerprint density at radius 2 is 2.12 bits per heavy atom. The molecule has 1 saturated heterocycles. The lowest BCUT2D eigenvalue weighted by Crippen LogP contribution is -2.38. The number of anilines is 2. The minimum atomic E-state index is -1.29. The van der Waals surface area contributed by atoms with E-state index in [4.69, 9.17) is 10.5 Å². The number of hydrogen-bond donors (Lipinski definition) is 4. The normalized spacial score (nSPS) is 15.9. The summed E-state index contributed by atoms with van der Waals surface area (Å²) in [5.41, 5.74) is 5.12. The molecule has 32 heavy (non-hydrogen) atoms. The Hall–Kier alpha value is -3.38. The molecule has 0 saturated carbocycles. The third-order valence-corrected chi connectivity index (χ3v) is 5.71. The van der Waals surface area contributed by atoms with Gasteiger partial charge in [-0.25, -0.2) is 24.1 Å². The van der Waals surface area contributed by atoms with Crippen LogP contribution in [0.1, 0.15) is 17.8 Å². The van der Waals surface area contributed by atoms with E-state index in [1.807, 2.05) is 5.32 Å². The minimum Gasteiger partial charge on any atom is -0.434 e. The molecule has 1 unspecified atom stereocenters. The van der Waals surface area contributed by atoms with Crippen molar-refractivity contribution in [3.63, 3.8) is 0 Å². The standard InChI is InChI=1S/C20H21F2N7O2S/c1-10-26-18(31-14-5-4-12(28-19(23)30)15(21)16(14)22)17(32-10)13-6-8-25-20(29-13)27-11-3-2-7-24-9-11/h4-6,8,11,24H,2-3,7,9H2,1H3,(H3,23,28,30)(H,25,27,29). The molecule has 9 nitrogen and oxygen atoms in total. The zero-order chi connectivity index (χ0) is 22.7. The Bertz CT molecular complexity index is 1140. The SMILES string of the molecule is Cc1nc(Oc2ccc(NC(N)=O)c(F)c2F)c(-c2ccnc(NC3CCCNC3)n2)s1. The van der Waals surface area contributed by atoms with Gasteiger partial charge in [-0.1, -0.05) is 0 Å².